The van der Waals surface area contributed by atoms with Crippen molar-refractivity contribution in [2.45, 2.75) is 20.8 Å². The van der Waals surface area contributed by atoms with Crippen LogP contribution in [0.5, 0.6) is 5.75 Å². The van der Waals surface area contributed by atoms with Crippen molar-refractivity contribution in [1.29, 1.82) is 0 Å². The Labute approximate surface area is 111 Å². The van der Waals surface area contributed by atoms with Gasteiger partial charge in [-0.3, -0.25) is 0 Å². The second-order valence-corrected chi connectivity index (χ2v) is 5.59. The third-order valence-electron chi connectivity index (χ3n) is 1.72. The number of ether oxygens (including phenoxy) is 2. The van der Waals surface area contributed by atoms with E-state index in [4.69, 9.17) is 32.7 Å². The largest absolute Gasteiger partial charge is 0.513 e. The van der Waals surface area contributed by atoms with Crippen molar-refractivity contribution in [1.82, 2.24) is 0 Å². The van der Waals surface area contributed by atoms with Crippen LogP contribution in [0.25, 0.3) is 0 Å². The highest BCUT2D eigenvalue weighted by atomic mass is 35.5. The van der Waals surface area contributed by atoms with Crippen LogP contribution in [-0.4, -0.2) is 12.8 Å². The molecule has 0 atom stereocenters. The van der Waals surface area contributed by atoms with Crippen LogP contribution in [0, 0.1) is 5.41 Å². The fraction of sp³-hybridized carbons (Fsp3) is 0.417. The summed E-state index contributed by atoms with van der Waals surface area (Å²) in [5, 5.41) is 0.731. The van der Waals surface area contributed by atoms with E-state index in [0.29, 0.717) is 15.8 Å². The predicted molar refractivity (Wildman–Crippen MR) is 67.9 cm³/mol. The molecule has 5 heteroatoms. The van der Waals surface area contributed by atoms with Gasteiger partial charge in [0.2, 0.25) is 0 Å². The average molecular weight is 277 g/mol. The Balaban J connectivity index is 2.54. The number of carbonyl (C=O) groups excluding carboxylic acids is 1. The number of halogens is 2. The molecule has 0 aliphatic rings. The SMILES string of the molecule is CC(C)(C)COC(=O)Oc1ccc(Cl)c(Cl)c1. The lowest BCUT2D eigenvalue weighted by Gasteiger charge is -2.17. The second kappa shape index (κ2) is 5.61. The first-order valence-electron chi connectivity index (χ1n) is 5.07. The molecule has 0 N–H and O–H groups in total. The average Bonchev–Trinajstić information content (AvgIpc) is 2.20. The molecule has 0 spiro atoms. The number of carbonyl (C=O) groups is 1. The Morgan fingerprint density at radius 1 is 1.24 bits per heavy atom. The van der Waals surface area contributed by atoms with Gasteiger partial charge in [0.1, 0.15) is 5.75 Å². The first kappa shape index (κ1) is 14.1. The Bertz CT molecular complexity index is 411. The minimum Gasteiger partial charge on any atom is -0.433 e. The van der Waals surface area contributed by atoms with Gasteiger partial charge in [-0.25, -0.2) is 4.79 Å². The van der Waals surface area contributed by atoms with Gasteiger partial charge >= 0.3 is 6.16 Å². The Morgan fingerprint density at radius 2 is 1.88 bits per heavy atom. The first-order chi connectivity index (χ1) is 7.78. The number of hydrogen-bond donors (Lipinski definition) is 0. The highest BCUT2D eigenvalue weighted by Crippen LogP contribution is 2.26. The van der Waals surface area contributed by atoms with Gasteiger partial charge in [-0.15, -0.1) is 0 Å². The predicted octanol–water partition coefficient (Wildman–Crippen LogP) is 4.55. The third-order valence-corrected chi connectivity index (χ3v) is 2.45. The van der Waals surface area contributed by atoms with E-state index >= 15 is 0 Å². The monoisotopic (exact) mass is 276 g/mol. The van der Waals surface area contributed by atoms with Crippen LogP contribution in [0.4, 0.5) is 4.79 Å². The summed E-state index contributed by atoms with van der Waals surface area (Å²) in [4.78, 5) is 11.3. The lowest BCUT2D eigenvalue weighted by atomic mass is 9.99. The molecule has 17 heavy (non-hydrogen) atoms. The van der Waals surface area contributed by atoms with E-state index in [0.717, 1.165) is 0 Å². The van der Waals surface area contributed by atoms with Crippen LogP contribution < -0.4 is 4.74 Å². The molecule has 0 saturated carbocycles. The van der Waals surface area contributed by atoms with Crippen molar-refractivity contribution in [2.75, 3.05) is 6.61 Å². The van der Waals surface area contributed by atoms with Crippen molar-refractivity contribution in [3.05, 3.63) is 28.2 Å². The molecular formula is C12H14Cl2O3. The van der Waals surface area contributed by atoms with E-state index < -0.39 is 6.16 Å². The summed E-state index contributed by atoms with van der Waals surface area (Å²) in [5.74, 6) is 0.304. The zero-order valence-electron chi connectivity index (χ0n) is 9.92. The molecule has 0 bridgehead atoms. The normalized spacial score (nSPS) is 11.1. The van der Waals surface area contributed by atoms with E-state index in [1.807, 2.05) is 20.8 Å². The van der Waals surface area contributed by atoms with Gasteiger partial charge in [-0.05, 0) is 17.5 Å². The molecule has 1 rings (SSSR count). The smallest absolute Gasteiger partial charge is 0.433 e. The van der Waals surface area contributed by atoms with Crippen molar-refractivity contribution in [3.8, 4) is 5.75 Å². The molecule has 0 heterocycles. The minimum absolute atomic E-state index is 0.101. The maximum atomic E-state index is 11.3. The van der Waals surface area contributed by atoms with Crippen molar-refractivity contribution < 1.29 is 14.3 Å². The number of benzene rings is 1. The molecule has 0 aromatic heterocycles. The highest BCUT2D eigenvalue weighted by molar-refractivity contribution is 6.42. The maximum absolute atomic E-state index is 11.3. The van der Waals surface area contributed by atoms with Gasteiger partial charge in [0, 0.05) is 6.07 Å². The topological polar surface area (TPSA) is 35.5 Å². The van der Waals surface area contributed by atoms with Gasteiger partial charge in [-0.2, -0.15) is 0 Å². The van der Waals surface area contributed by atoms with E-state index in [2.05, 4.69) is 0 Å². The summed E-state index contributed by atoms with van der Waals surface area (Å²) >= 11 is 11.5. The summed E-state index contributed by atoms with van der Waals surface area (Å²) in [7, 11) is 0. The minimum atomic E-state index is -0.752. The third kappa shape index (κ3) is 5.29. The molecular weight excluding hydrogens is 263 g/mol. The molecule has 0 amide bonds. The molecule has 0 fully saturated rings. The molecule has 3 nitrogen and oxygen atoms in total. The Kier molecular flexibility index (Phi) is 4.66. The second-order valence-electron chi connectivity index (χ2n) is 4.78. The summed E-state index contributed by atoms with van der Waals surface area (Å²) in [6, 6.07) is 4.56. The van der Waals surface area contributed by atoms with E-state index in [-0.39, 0.29) is 12.0 Å². The molecule has 1 aromatic carbocycles. The Hall–Kier alpha value is -0.930. The highest BCUT2D eigenvalue weighted by Gasteiger charge is 2.15. The van der Waals surface area contributed by atoms with Gasteiger partial charge in [0.05, 0.1) is 16.7 Å². The van der Waals surface area contributed by atoms with Crippen LogP contribution in [-0.2, 0) is 4.74 Å². The zero-order chi connectivity index (χ0) is 13.1. The summed E-state index contributed by atoms with van der Waals surface area (Å²) in [6.45, 7) is 6.16. The number of rotatable bonds is 2. The van der Waals surface area contributed by atoms with E-state index in [1.165, 1.54) is 6.07 Å². The molecule has 0 radical (unpaired) electrons. The van der Waals surface area contributed by atoms with Crippen molar-refractivity contribution >= 4 is 29.4 Å². The lowest BCUT2D eigenvalue weighted by Crippen LogP contribution is -2.20. The van der Waals surface area contributed by atoms with Crippen LogP contribution in [0.15, 0.2) is 18.2 Å². The van der Waals surface area contributed by atoms with Gasteiger partial charge < -0.3 is 9.47 Å². The van der Waals surface area contributed by atoms with Gasteiger partial charge in [0.25, 0.3) is 0 Å². The Morgan fingerprint density at radius 3 is 2.41 bits per heavy atom. The van der Waals surface area contributed by atoms with Crippen LogP contribution in [0.3, 0.4) is 0 Å². The molecule has 0 aliphatic heterocycles. The van der Waals surface area contributed by atoms with E-state index in [9.17, 15) is 4.79 Å². The van der Waals surface area contributed by atoms with Crippen LogP contribution >= 0.6 is 23.2 Å². The molecule has 0 saturated heterocycles. The molecule has 0 aliphatic carbocycles. The molecule has 1 aromatic rings. The van der Waals surface area contributed by atoms with Crippen molar-refractivity contribution in [3.63, 3.8) is 0 Å². The quantitative estimate of drug-likeness (QED) is 0.587. The lowest BCUT2D eigenvalue weighted by molar-refractivity contribution is 0.0685. The standard InChI is InChI=1S/C12H14Cl2O3/c1-12(2,3)7-16-11(15)17-8-4-5-9(13)10(14)6-8/h4-6H,7H2,1-3H3. The molecule has 0 unspecified atom stereocenters. The fourth-order valence-corrected chi connectivity index (χ4v) is 1.23. The maximum Gasteiger partial charge on any atom is 0.513 e. The van der Waals surface area contributed by atoms with Gasteiger partial charge in [0.15, 0.2) is 0 Å². The van der Waals surface area contributed by atoms with Crippen molar-refractivity contribution in [2.24, 2.45) is 5.41 Å². The fourth-order valence-electron chi connectivity index (χ4n) is 0.941. The van der Waals surface area contributed by atoms with E-state index in [1.54, 1.807) is 12.1 Å². The van der Waals surface area contributed by atoms with Gasteiger partial charge in [-0.1, -0.05) is 44.0 Å². The number of hydrogen-bond acceptors (Lipinski definition) is 3. The molecule has 94 valence electrons. The van der Waals surface area contributed by atoms with Crippen LogP contribution in [0.1, 0.15) is 20.8 Å². The first-order valence-corrected chi connectivity index (χ1v) is 5.83. The van der Waals surface area contributed by atoms with Crippen LogP contribution in [0.2, 0.25) is 10.0 Å². The summed E-state index contributed by atoms with van der Waals surface area (Å²) < 4.78 is 9.88. The summed E-state index contributed by atoms with van der Waals surface area (Å²) in [5.41, 5.74) is -0.101. The summed E-state index contributed by atoms with van der Waals surface area (Å²) in [6.07, 6.45) is -0.752. The zero-order valence-corrected chi connectivity index (χ0v) is 11.4.